The molecule has 0 aliphatic heterocycles. The number of furan rings is 1. The van der Waals surface area contributed by atoms with Crippen LogP contribution < -0.4 is 0 Å². The SMILES string of the molecule is CC1(C)CCC(C(=O)/C=C(\O)C2CCC(C)(C)CC2)CC1.Cc1[c-]c(-c2nccc3cc(C(C)C)ccc23)c2oc3ccccc3c2c1.Cc1[c-]c(-c2nccc3cc(C4CCCC4)ccc23)cc(C)c1.[Ir]. The number of fused-ring (bicyclic) bond motifs is 5. The maximum atomic E-state index is 12.4. The Kier molecular flexibility index (Phi) is 16.4. The molecule has 3 fully saturated rings. The number of para-hydroxylation sites is 1. The van der Waals surface area contributed by atoms with Gasteiger partial charge in [0.25, 0.3) is 0 Å². The molecule has 0 spiro atoms. The van der Waals surface area contributed by atoms with Gasteiger partial charge in [-0.3, -0.25) is 4.79 Å². The predicted octanol–water partition coefficient (Wildman–Crippen LogP) is 18.4. The van der Waals surface area contributed by atoms with Gasteiger partial charge in [0.15, 0.2) is 5.78 Å². The number of aryl methyl sites for hydroxylation is 3. The van der Waals surface area contributed by atoms with E-state index in [-0.39, 0.29) is 37.7 Å². The van der Waals surface area contributed by atoms with E-state index in [9.17, 15) is 9.90 Å². The molecule has 0 atom stereocenters. The Labute approximate surface area is 442 Å². The van der Waals surface area contributed by atoms with Crippen LogP contribution in [0.15, 0.2) is 120 Å². The third-order valence-electron chi connectivity index (χ3n) is 16.0. The van der Waals surface area contributed by atoms with E-state index in [1.54, 1.807) is 6.08 Å². The molecule has 8 aromatic rings. The van der Waals surface area contributed by atoms with Crippen LogP contribution in [0.5, 0.6) is 0 Å². The number of ketones is 1. The first-order chi connectivity index (χ1) is 34.0. The van der Waals surface area contributed by atoms with E-state index in [0.29, 0.717) is 22.5 Å². The monoisotopic (exact) mass is 1140 g/mol. The number of aromatic nitrogens is 2. The summed E-state index contributed by atoms with van der Waals surface area (Å²) in [4.78, 5) is 21.7. The van der Waals surface area contributed by atoms with Crippen molar-refractivity contribution in [2.24, 2.45) is 22.7 Å². The first kappa shape index (κ1) is 52.9. The van der Waals surface area contributed by atoms with Gasteiger partial charge in [-0.25, -0.2) is 0 Å². The standard InChI is InChI=1S/C25H20NO.C22H22N.C19H32O2.Ir/c1-15(2)17-8-9-19-18(14-17)10-11-26-24(19)22-13-16(3)12-21-20-6-4-5-7-23(20)27-25(21)22;1-15-11-16(2)13-20(12-15)22-21-8-7-18(17-5-3-4-6-17)14-19(21)9-10-23-22;1-18(2)9-5-14(6-10-18)16(20)13-17(21)15-7-11-19(3,4)12-8-15;/h4-12,14-15H,1-3H3;7-12,14,17H,3-6H2,1-2H3;13-15,20H,5-12H2,1-4H3;/q2*-1;;/b;;16-13-;. The van der Waals surface area contributed by atoms with Gasteiger partial charge in [-0.15, -0.1) is 52.6 Å². The maximum Gasteiger partial charge on any atom is 0.162 e. The van der Waals surface area contributed by atoms with E-state index in [2.05, 4.69) is 152 Å². The van der Waals surface area contributed by atoms with Crippen molar-refractivity contribution in [2.75, 3.05) is 0 Å². The minimum absolute atomic E-state index is 0. The molecule has 11 rings (SSSR count). The first-order valence-electron chi connectivity index (χ1n) is 26.6. The van der Waals surface area contributed by atoms with Crippen molar-refractivity contribution in [1.82, 2.24) is 9.97 Å². The molecule has 6 heteroatoms. The number of carbonyl (C=O) groups is 1. The van der Waals surface area contributed by atoms with Crippen LogP contribution in [0, 0.1) is 55.6 Å². The fourth-order valence-corrected chi connectivity index (χ4v) is 11.5. The molecule has 3 aliphatic carbocycles. The Morgan fingerprint density at radius 2 is 1.26 bits per heavy atom. The molecule has 0 unspecified atom stereocenters. The summed E-state index contributed by atoms with van der Waals surface area (Å²) >= 11 is 0. The average molecular weight is 1140 g/mol. The molecule has 0 bridgehead atoms. The third-order valence-corrected chi connectivity index (χ3v) is 16.0. The molecule has 377 valence electrons. The van der Waals surface area contributed by atoms with Crippen LogP contribution in [0.3, 0.4) is 0 Å². The second kappa shape index (κ2) is 22.4. The van der Waals surface area contributed by atoms with Crippen molar-refractivity contribution < 1.29 is 34.4 Å². The summed E-state index contributed by atoms with van der Waals surface area (Å²) in [6.45, 7) is 19.9. The van der Waals surface area contributed by atoms with Gasteiger partial charge in [-0.05, 0) is 149 Å². The summed E-state index contributed by atoms with van der Waals surface area (Å²) < 4.78 is 6.23. The number of aliphatic hydroxyl groups excluding tert-OH is 1. The molecular formula is C66H74IrN2O3-2. The van der Waals surface area contributed by atoms with Gasteiger partial charge in [0, 0.05) is 55.8 Å². The van der Waals surface area contributed by atoms with Crippen molar-refractivity contribution in [2.45, 2.75) is 151 Å². The number of aliphatic hydroxyl groups is 1. The molecule has 1 radical (unpaired) electrons. The molecule has 72 heavy (non-hydrogen) atoms. The number of benzene rings is 5. The van der Waals surface area contributed by atoms with Gasteiger partial charge in [0.1, 0.15) is 5.58 Å². The van der Waals surface area contributed by atoms with Crippen molar-refractivity contribution >= 4 is 49.3 Å². The Balaban J connectivity index is 0.000000145. The van der Waals surface area contributed by atoms with Crippen LogP contribution in [0.1, 0.15) is 158 Å². The summed E-state index contributed by atoms with van der Waals surface area (Å²) in [5, 5.41) is 17.4. The molecule has 3 heterocycles. The van der Waals surface area contributed by atoms with Gasteiger partial charge in [0.05, 0.1) is 11.3 Å². The first-order valence-corrected chi connectivity index (χ1v) is 26.6. The largest absolute Gasteiger partial charge is 0.512 e. The van der Waals surface area contributed by atoms with E-state index < -0.39 is 0 Å². The molecule has 3 aliphatic rings. The third kappa shape index (κ3) is 12.2. The summed E-state index contributed by atoms with van der Waals surface area (Å²) in [5.74, 6) is 2.11. The molecule has 0 saturated heterocycles. The summed E-state index contributed by atoms with van der Waals surface area (Å²) in [6, 6.07) is 39.4. The van der Waals surface area contributed by atoms with Crippen LogP contribution in [0.2, 0.25) is 0 Å². The normalized spacial score (nSPS) is 17.4. The number of hydrogen-bond donors (Lipinski definition) is 1. The van der Waals surface area contributed by atoms with Crippen LogP contribution >= 0.6 is 0 Å². The van der Waals surface area contributed by atoms with Crippen molar-refractivity contribution in [1.29, 1.82) is 0 Å². The Bertz CT molecular complexity index is 3200. The summed E-state index contributed by atoms with van der Waals surface area (Å²) in [5.41, 5.74) is 12.9. The fraction of sp³-hybridized carbons (Fsp3) is 0.409. The zero-order chi connectivity index (χ0) is 50.0. The molecule has 5 aromatic carbocycles. The van der Waals surface area contributed by atoms with E-state index in [0.717, 1.165) is 113 Å². The minimum Gasteiger partial charge on any atom is -0.512 e. The van der Waals surface area contributed by atoms with Crippen LogP contribution in [0.4, 0.5) is 0 Å². The average Bonchev–Trinajstić information content (AvgIpc) is 4.02. The van der Waals surface area contributed by atoms with Gasteiger partial charge in [-0.2, -0.15) is 0 Å². The van der Waals surface area contributed by atoms with E-state index >= 15 is 0 Å². The summed E-state index contributed by atoms with van der Waals surface area (Å²) in [7, 11) is 0. The predicted molar refractivity (Wildman–Crippen MR) is 296 cm³/mol. The molecule has 5 nitrogen and oxygen atoms in total. The fourth-order valence-electron chi connectivity index (χ4n) is 11.5. The van der Waals surface area contributed by atoms with Crippen LogP contribution in [0.25, 0.3) is 66.0 Å². The molecular weight excluding hydrogens is 1060 g/mol. The van der Waals surface area contributed by atoms with E-state index in [1.165, 1.54) is 64.1 Å². The maximum absolute atomic E-state index is 12.4. The second-order valence-corrected chi connectivity index (χ2v) is 23.2. The van der Waals surface area contributed by atoms with Crippen molar-refractivity contribution in [3.8, 4) is 22.5 Å². The number of hydrogen-bond acceptors (Lipinski definition) is 5. The number of nitrogens with zero attached hydrogens (tertiary/aromatic N) is 2. The zero-order valence-electron chi connectivity index (χ0n) is 44.2. The number of pyridine rings is 2. The van der Waals surface area contributed by atoms with E-state index in [4.69, 9.17) is 9.40 Å². The zero-order valence-corrected chi connectivity index (χ0v) is 46.6. The molecule has 3 aromatic heterocycles. The number of allylic oxidation sites excluding steroid dienone is 2. The summed E-state index contributed by atoms with van der Waals surface area (Å²) in [6.07, 6.45) is 19.3. The van der Waals surface area contributed by atoms with Gasteiger partial charge in [0.2, 0.25) is 0 Å². The Hall–Kier alpha value is -5.42. The van der Waals surface area contributed by atoms with Crippen LogP contribution in [-0.2, 0) is 24.9 Å². The second-order valence-electron chi connectivity index (χ2n) is 23.2. The van der Waals surface area contributed by atoms with E-state index in [1.807, 2.05) is 30.6 Å². The topological polar surface area (TPSA) is 76.2 Å². The van der Waals surface area contributed by atoms with Crippen molar-refractivity contribution in [3.63, 3.8) is 0 Å². The quantitative estimate of drug-likeness (QED) is 0.0978. The molecule has 0 amide bonds. The van der Waals surface area contributed by atoms with Gasteiger partial charge < -0.3 is 19.5 Å². The smallest absolute Gasteiger partial charge is 0.162 e. The van der Waals surface area contributed by atoms with Crippen molar-refractivity contribution in [3.05, 3.63) is 155 Å². The van der Waals surface area contributed by atoms with Gasteiger partial charge >= 0.3 is 0 Å². The van der Waals surface area contributed by atoms with Crippen LogP contribution in [-0.4, -0.2) is 20.9 Å². The van der Waals surface area contributed by atoms with Gasteiger partial charge in [-0.1, -0.05) is 141 Å². The Morgan fingerprint density at radius 3 is 1.93 bits per heavy atom. The molecule has 1 N–H and O–H groups in total. The molecule has 3 saturated carbocycles. The minimum atomic E-state index is 0. The number of carbonyl (C=O) groups excluding carboxylic acids is 1. The number of rotatable bonds is 7. The Morgan fingerprint density at radius 1 is 0.667 bits per heavy atom.